The summed E-state index contributed by atoms with van der Waals surface area (Å²) in [4.78, 5) is 16.8. The average Bonchev–Trinajstić information content (AvgIpc) is 2.76. The van der Waals surface area contributed by atoms with Crippen molar-refractivity contribution >= 4 is 22.9 Å². The fourth-order valence-electron chi connectivity index (χ4n) is 4.41. The molecule has 0 radical (unpaired) electrons. The lowest BCUT2D eigenvalue weighted by Crippen LogP contribution is -2.13. The van der Waals surface area contributed by atoms with Gasteiger partial charge in [-0.15, -0.1) is 0 Å². The van der Waals surface area contributed by atoms with Gasteiger partial charge < -0.3 is 5.11 Å². The molecule has 0 bridgehead atoms. The molecule has 1 heterocycles. The van der Waals surface area contributed by atoms with Gasteiger partial charge in [0.05, 0.1) is 16.8 Å². The molecule has 0 atom stereocenters. The first-order valence-corrected chi connectivity index (χ1v) is 9.87. The van der Waals surface area contributed by atoms with Crippen molar-refractivity contribution in [2.24, 2.45) is 0 Å². The number of carboxylic acids is 1. The van der Waals surface area contributed by atoms with Gasteiger partial charge in [-0.3, -0.25) is 0 Å². The molecule has 0 saturated carbocycles. The summed E-state index contributed by atoms with van der Waals surface area (Å²) < 4.78 is 27.4. The number of fused-ring (bicyclic) bond motifs is 4. The standard InChI is InChI=1S/C26H17F2NO2/c1-2-14-12-17(27)5-9-19(14)15-3-7-20-16(11-15)4-8-21-24(26(30)31)22-13-18(28)6-10-23(22)29-25(20)21/h2-3,5-7,9-13H,1,4,8H2,(H,30,31). The minimum atomic E-state index is -1.09. The van der Waals surface area contributed by atoms with Crippen molar-refractivity contribution < 1.29 is 18.7 Å². The Kier molecular flexibility index (Phi) is 4.40. The Labute approximate surface area is 177 Å². The summed E-state index contributed by atoms with van der Waals surface area (Å²) in [6, 6.07) is 14.5. The van der Waals surface area contributed by atoms with Crippen LogP contribution in [0.4, 0.5) is 8.78 Å². The van der Waals surface area contributed by atoms with Crippen LogP contribution in [0.1, 0.15) is 27.0 Å². The summed E-state index contributed by atoms with van der Waals surface area (Å²) >= 11 is 0. The Bertz CT molecular complexity index is 1410. The Morgan fingerprint density at radius 1 is 0.968 bits per heavy atom. The van der Waals surface area contributed by atoms with Crippen LogP contribution in [0.5, 0.6) is 0 Å². The van der Waals surface area contributed by atoms with E-state index in [1.165, 1.54) is 30.3 Å². The second-order valence-electron chi connectivity index (χ2n) is 7.59. The Morgan fingerprint density at radius 3 is 2.48 bits per heavy atom. The molecule has 1 aliphatic carbocycles. The fourth-order valence-corrected chi connectivity index (χ4v) is 4.41. The third-order valence-electron chi connectivity index (χ3n) is 5.81. The van der Waals surface area contributed by atoms with Gasteiger partial charge in [-0.1, -0.05) is 36.9 Å². The van der Waals surface area contributed by atoms with Crippen LogP contribution < -0.4 is 0 Å². The lowest BCUT2D eigenvalue weighted by atomic mass is 9.83. The van der Waals surface area contributed by atoms with Crippen molar-refractivity contribution in [2.75, 3.05) is 0 Å². The summed E-state index contributed by atoms with van der Waals surface area (Å²) in [7, 11) is 0. The van der Waals surface area contributed by atoms with E-state index in [4.69, 9.17) is 4.98 Å². The molecule has 0 fully saturated rings. The minimum absolute atomic E-state index is 0.113. The maximum atomic E-state index is 13.8. The van der Waals surface area contributed by atoms with Gasteiger partial charge in [-0.25, -0.2) is 18.6 Å². The average molecular weight is 413 g/mol. The third-order valence-corrected chi connectivity index (χ3v) is 5.81. The zero-order valence-corrected chi connectivity index (χ0v) is 16.5. The smallest absolute Gasteiger partial charge is 0.336 e. The van der Waals surface area contributed by atoms with Crippen LogP contribution in [0, 0.1) is 11.6 Å². The van der Waals surface area contributed by atoms with E-state index in [-0.39, 0.29) is 11.4 Å². The van der Waals surface area contributed by atoms with Crippen molar-refractivity contribution in [3.63, 3.8) is 0 Å². The molecule has 0 saturated heterocycles. The van der Waals surface area contributed by atoms with Gasteiger partial charge in [0.15, 0.2) is 0 Å². The molecule has 0 amide bonds. The maximum Gasteiger partial charge on any atom is 0.336 e. The second-order valence-corrected chi connectivity index (χ2v) is 7.59. The van der Waals surface area contributed by atoms with E-state index in [0.717, 1.165) is 22.3 Å². The fraction of sp³-hybridized carbons (Fsp3) is 0.0769. The number of carboxylic acid groups (broad SMARTS) is 1. The first-order chi connectivity index (χ1) is 15.0. The summed E-state index contributed by atoms with van der Waals surface area (Å²) in [5.74, 6) is -1.90. The molecule has 0 unspecified atom stereocenters. The maximum absolute atomic E-state index is 13.8. The summed E-state index contributed by atoms with van der Waals surface area (Å²) in [6.07, 6.45) is 2.74. The van der Waals surface area contributed by atoms with Crippen molar-refractivity contribution in [1.82, 2.24) is 4.98 Å². The molecule has 5 heteroatoms. The van der Waals surface area contributed by atoms with Crippen LogP contribution in [0.3, 0.4) is 0 Å². The SMILES string of the molecule is C=Cc1cc(F)ccc1-c1ccc2c(c1)CCc1c-2nc2ccc(F)cc2c1C(=O)O. The number of pyridine rings is 1. The molecular weight excluding hydrogens is 396 g/mol. The van der Waals surface area contributed by atoms with Gasteiger partial charge in [0, 0.05) is 10.9 Å². The number of rotatable bonds is 3. The topological polar surface area (TPSA) is 50.2 Å². The highest BCUT2D eigenvalue weighted by molar-refractivity contribution is 6.06. The summed E-state index contributed by atoms with van der Waals surface area (Å²) in [6.45, 7) is 3.78. The van der Waals surface area contributed by atoms with Gasteiger partial charge in [0.25, 0.3) is 0 Å². The van der Waals surface area contributed by atoms with Gasteiger partial charge in [-0.05, 0) is 71.0 Å². The van der Waals surface area contributed by atoms with E-state index in [9.17, 15) is 18.7 Å². The molecule has 5 rings (SSSR count). The highest BCUT2D eigenvalue weighted by Crippen LogP contribution is 2.39. The summed E-state index contributed by atoms with van der Waals surface area (Å²) in [5.41, 5.74) is 6.21. The molecular formula is C26H17F2NO2. The molecule has 1 N–H and O–H groups in total. The number of benzene rings is 3. The Morgan fingerprint density at radius 2 is 1.71 bits per heavy atom. The van der Waals surface area contributed by atoms with Gasteiger partial charge in [0.1, 0.15) is 11.6 Å². The number of nitrogens with zero attached hydrogens (tertiary/aromatic N) is 1. The molecule has 3 nitrogen and oxygen atoms in total. The third kappa shape index (κ3) is 3.10. The van der Waals surface area contributed by atoms with Crippen LogP contribution in [0.2, 0.25) is 0 Å². The number of aromatic nitrogens is 1. The molecule has 31 heavy (non-hydrogen) atoms. The van der Waals surface area contributed by atoms with Crippen molar-refractivity contribution in [3.8, 4) is 22.4 Å². The zero-order valence-electron chi connectivity index (χ0n) is 16.5. The van der Waals surface area contributed by atoms with Gasteiger partial charge in [-0.2, -0.15) is 0 Å². The molecule has 152 valence electrons. The highest BCUT2D eigenvalue weighted by atomic mass is 19.1. The van der Waals surface area contributed by atoms with E-state index in [1.54, 1.807) is 12.1 Å². The van der Waals surface area contributed by atoms with Crippen LogP contribution in [-0.2, 0) is 12.8 Å². The quantitative estimate of drug-likeness (QED) is 0.430. The number of hydrogen-bond acceptors (Lipinski definition) is 2. The molecule has 3 aromatic carbocycles. The van der Waals surface area contributed by atoms with Gasteiger partial charge >= 0.3 is 5.97 Å². The number of aryl methyl sites for hydroxylation is 1. The van der Waals surface area contributed by atoms with Crippen LogP contribution in [0.15, 0.2) is 61.2 Å². The predicted octanol–water partition coefficient (Wildman–Crippen LogP) is 6.29. The molecule has 0 aliphatic heterocycles. The number of halogens is 2. The largest absolute Gasteiger partial charge is 0.478 e. The van der Waals surface area contributed by atoms with Crippen molar-refractivity contribution in [1.29, 1.82) is 0 Å². The van der Waals surface area contributed by atoms with E-state index < -0.39 is 11.8 Å². The monoisotopic (exact) mass is 413 g/mol. The first kappa shape index (κ1) is 19.1. The number of hydrogen-bond donors (Lipinski definition) is 1. The summed E-state index contributed by atoms with van der Waals surface area (Å²) in [5, 5.41) is 10.2. The molecule has 4 aromatic rings. The lowest BCUT2D eigenvalue weighted by molar-refractivity contribution is 0.0698. The van der Waals surface area contributed by atoms with Crippen LogP contribution in [0.25, 0.3) is 39.4 Å². The highest BCUT2D eigenvalue weighted by Gasteiger charge is 2.26. The molecule has 0 spiro atoms. The number of aromatic carboxylic acids is 1. The van der Waals surface area contributed by atoms with E-state index in [1.807, 2.05) is 18.2 Å². The second kappa shape index (κ2) is 7.13. The first-order valence-electron chi connectivity index (χ1n) is 9.87. The van der Waals surface area contributed by atoms with E-state index in [2.05, 4.69) is 6.58 Å². The lowest BCUT2D eigenvalue weighted by Gasteiger charge is -2.23. The predicted molar refractivity (Wildman–Crippen MR) is 117 cm³/mol. The minimum Gasteiger partial charge on any atom is -0.478 e. The van der Waals surface area contributed by atoms with Gasteiger partial charge in [0.2, 0.25) is 0 Å². The van der Waals surface area contributed by atoms with Crippen LogP contribution in [-0.4, -0.2) is 16.1 Å². The molecule has 1 aliphatic rings. The Hall–Kier alpha value is -3.86. The van der Waals surface area contributed by atoms with Crippen molar-refractivity contribution in [3.05, 3.63) is 95.1 Å². The normalized spacial score (nSPS) is 12.3. The number of carbonyl (C=O) groups is 1. The zero-order chi connectivity index (χ0) is 21.7. The molecule has 1 aromatic heterocycles. The van der Waals surface area contributed by atoms with E-state index in [0.29, 0.717) is 40.6 Å². The van der Waals surface area contributed by atoms with E-state index >= 15 is 0 Å². The Balaban J connectivity index is 1.72. The van der Waals surface area contributed by atoms with Crippen molar-refractivity contribution in [2.45, 2.75) is 12.8 Å². The van der Waals surface area contributed by atoms with Crippen LogP contribution >= 0.6 is 0 Å².